The predicted octanol–water partition coefficient (Wildman–Crippen LogP) is 4.62. The van der Waals surface area contributed by atoms with Gasteiger partial charge in [-0.05, 0) is 36.4 Å². The molecule has 4 heteroatoms. The van der Waals surface area contributed by atoms with Crippen molar-refractivity contribution in [2.24, 2.45) is 0 Å². The molecule has 0 atom stereocenters. The Morgan fingerprint density at radius 2 is 1.79 bits per heavy atom. The van der Waals surface area contributed by atoms with E-state index in [0.29, 0.717) is 5.69 Å². The normalized spacial score (nSPS) is 10.8. The zero-order chi connectivity index (χ0) is 13.2. The van der Waals surface area contributed by atoms with Crippen LogP contribution in [0.1, 0.15) is 0 Å². The van der Waals surface area contributed by atoms with E-state index in [0.717, 1.165) is 25.7 Å². The van der Waals surface area contributed by atoms with Crippen LogP contribution in [0, 0.1) is 0 Å². The van der Waals surface area contributed by atoms with E-state index in [4.69, 9.17) is 17.3 Å². The number of benzene rings is 2. The van der Waals surface area contributed by atoms with Crippen LogP contribution in [0.2, 0.25) is 5.02 Å². The summed E-state index contributed by atoms with van der Waals surface area (Å²) >= 11 is 7.57. The van der Waals surface area contributed by atoms with Crippen LogP contribution in [0.4, 0.5) is 5.69 Å². The Labute approximate surface area is 120 Å². The van der Waals surface area contributed by atoms with E-state index < -0.39 is 0 Å². The largest absolute Gasteiger partial charge is 0.397 e. The third-order valence-electron chi connectivity index (χ3n) is 2.80. The number of nitrogens with zero attached hydrogens (tertiary/aromatic N) is 1. The van der Waals surface area contributed by atoms with Gasteiger partial charge in [0.05, 0.1) is 11.2 Å². The fraction of sp³-hybridized carbons (Fsp3) is 0. The summed E-state index contributed by atoms with van der Waals surface area (Å²) < 4.78 is 0. The first kappa shape index (κ1) is 12.3. The lowest BCUT2D eigenvalue weighted by atomic mass is 10.2. The first-order valence-electron chi connectivity index (χ1n) is 5.81. The van der Waals surface area contributed by atoms with Gasteiger partial charge in [0.15, 0.2) is 0 Å². The molecule has 1 heterocycles. The van der Waals surface area contributed by atoms with Crippen molar-refractivity contribution in [2.45, 2.75) is 9.79 Å². The molecule has 19 heavy (non-hydrogen) atoms. The summed E-state index contributed by atoms with van der Waals surface area (Å²) in [4.78, 5) is 6.61. The van der Waals surface area contributed by atoms with E-state index in [9.17, 15) is 0 Å². The number of fused-ring (bicyclic) bond motifs is 1. The molecule has 0 bridgehead atoms. The molecule has 0 saturated heterocycles. The van der Waals surface area contributed by atoms with Crippen molar-refractivity contribution in [1.82, 2.24) is 4.98 Å². The van der Waals surface area contributed by atoms with Gasteiger partial charge < -0.3 is 5.73 Å². The van der Waals surface area contributed by atoms with E-state index >= 15 is 0 Å². The number of para-hydroxylation sites is 1. The van der Waals surface area contributed by atoms with E-state index in [-0.39, 0.29) is 0 Å². The van der Waals surface area contributed by atoms with Gasteiger partial charge in [0.1, 0.15) is 0 Å². The maximum absolute atomic E-state index is 5.95. The Bertz CT molecular complexity index is 726. The minimum Gasteiger partial charge on any atom is -0.397 e. The molecular weight excluding hydrogens is 276 g/mol. The lowest BCUT2D eigenvalue weighted by molar-refractivity contribution is 1.35. The quantitative estimate of drug-likeness (QED) is 0.699. The molecule has 0 saturated carbocycles. The predicted molar refractivity (Wildman–Crippen MR) is 81.7 cm³/mol. The summed E-state index contributed by atoms with van der Waals surface area (Å²) in [6.45, 7) is 0. The second-order valence-electron chi connectivity index (χ2n) is 4.11. The molecule has 1 aromatic heterocycles. The van der Waals surface area contributed by atoms with Crippen molar-refractivity contribution in [1.29, 1.82) is 0 Å². The minimum atomic E-state index is 0.705. The standard InChI is InChI=1S/C15H11ClN2S/c16-10-4-6-11(7-5-10)19-14-8-9-18-15-12(14)2-1-3-13(15)17/h1-9H,17H2. The highest BCUT2D eigenvalue weighted by Gasteiger charge is 2.05. The Morgan fingerprint density at radius 3 is 2.58 bits per heavy atom. The molecule has 0 aliphatic heterocycles. The number of nitrogen functional groups attached to an aromatic ring is 1. The SMILES string of the molecule is Nc1cccc2c(Sc3ccc(Cl)cc3)ccnc12. The summed E-state index contributed by atoms with van der Waals surface area (Å²) in [7, 11) is 0. The molecule has 2 nitrogen and oxygen atoms in total. The number of hydrogen-bond acceptors (Lipinski definition) is 3. The minimum absolute atomic E-state index is 0.705. The molecule has 0 aliphatic rings. The lowest BCUT2D eigenvalue weighted by Gasteiger charge is -2.07. The van der Waals surface area contributed by atoms with Crippen LogP contribution in [-0.2, 0) is 0 Å². The number of hydrogen-bond donors (Lipinski definition) is 1. The van der Waals surface area contributed by atoms with Gasteiger partial charge in [-0.25, -0.2) is 0 Å². The lowest BCUT2D eigenvalue weighted by Crippen LogP contribution is -1.90. The Kier molecular flexibility index (Phi) is 3.32. The van der Waals surface area contributed by atoms with Crippen molar-refractivity contribution >= 4 is 40.0 Å². The van der Waals surface area contributed by atoms with E-state index in [2.05, 4.69) is 4.98 Å². The van der Waals surface area contributed by atoms with Gasteiger partial charge in [0, 0.05) is 26.4 Å². The van der Waals surface area contributed by atoms with Crippen molar-refractivity contribution in [2.75, 3.05) is 5.73 Å². The molecule has 94 valence electrons. The molecule has 2 N–H and O–H groups in total. The molecule has 0 amide bonds. The van der Waals surface area contributed by atoms with Gasteiger partial charge in [0.2, 0.25) is 0 Å². The molecular formula is C15H11ClN2S. The number of aromatic nitrogens is 1. The number of pyridine rings is 1. The monoisotopic (exact) mass is 286 g/mol. The summed E-state index contributed by atoms with van der Waals surface area (Å²) in [5, 5.41) is 1.82. The fourth-order valence-electron chi connectivity index (χ4n) is 1.89. The number of rotatable bonds is 2. The topological polar surface area (TPSA) is 38.9 Å². The smallest absolute Gasteiger partial charge is 0.0942 e. The highest BCUT2D eigenvalue weighted by atomic mass is 35.5. The van der Waals surface area contributed by atoms with Crippen molar-refractivity contribution in [3.05, 3.63) is 59.8 Å². The molecule has 0 radical (unpaired) electrons. The van der Waals surface area contributed by atoms with Gasteiger partial charge >= 0.3 is 0 Å². The van der Waals surface area contributed by atoms with Crippen molar-refractivity contribution in [3.63, 3.8) is 0 Å². The van der Waals surface area contributed by atoms with Crippen molar-refractivity contribution in [3.8, 4) is 0 Å². The zero-order valence-electron chi connectivity index (χ0n) is 10.0. The number of halogens is 1. The molecule has 3 rings (SSSR count). The van der Waals surface area contributed by atoms with Gasteiger partial charge in [-0.1, -0.05) is 35.5 Å². The molecule has 0 aliphatic carbocycles. The maximum atomic E-state index is 5.95. The van der Waals surface area contributed by atoms with Crippen LogP contribution < -0.4 is 5.73 Å². The van der Waals surface area contributed by atoms with Gasteiger partial charge in [0.25, 0.3) is 0 Å². The van der Waals surface area contributed by atoms with Crippen LogP contribution >= 0.6 is 23.4 Å². The zero-order valence-corrected chi connectivity index (χ0v) is 11.6. The molecule has 0 spiro atoms. The molecule has 0 unspecified atom stereocenters. The third-order valence-corrected chi connectivity index (χ3v) is 4.14. The number of anilines is 1. The Hall–Kier alpha value is -1.71. The Balaban J connectivity index is 2.06. The maximum Gasteiger partial charge on any atom is 0.0942 e. The fourth-order valence-corrected chi connectivity index (χ4v) is 2.95. The Morgan fingerprint density at radius 1 is 1.00 bits per heavy atom. The third kappa shape index (κ3) is 2.53. The average molecular weight is 287 g/mol. The molecule has 2 aromatic carbocycles. The van der Waals surface area contributed by atoms with Crippen LogP contribution in [-0.4, -0.2) is 4.98 Å². The van der Waals surface area contributed by atoms with Gasteiger partial charge in [-0.2, -0.15) is 0 Å². The highest BCUT2D eigenvalue weighted by Crippen LogP contribution is 2.34. The van der Waals surface area contributed by atoms with Crippen molar-refractivity contribution < 1.29 is 0 Å². The summed E-state index contributed by atoms with van der Waals surface area (Å²) in [5.41, 5.74) is 7.50. The van der Waals surface area contributed by atoms with E-state index in [1.165, 1.54) is 0 Å². The van der Waals surface area contributed by atoms with Crippen LogP contribution in [0.5, 0.6) is 0 Å². The second kappa shape index (κ2) is 5.11. The van der Waals surface area contributed by atoms with E-state index in [1.807, 2.05) is 48.5 Å². The second-order valence-corrected chi connectivity index (χ2v) is 5.66. The van der Waals surface area contributed by atoms with Crippen LogP contribution in [0.25, 0.3) is 10.9 Å². The first-order valence-corrected chi connectivity index (χ1v) is 7.00. The average Bonchev–Trinajstić information content (AvgIpc) is 2.43. The van der Waals surface area contributed by atoms with Crippen LogP contribution in [0.15, 0.2) is 64.5 Å². The number of nitrogens with two attached hydrogens (primary N) is 1. The summed E-state index contributed by atoms with van der Waals surface area (Å²) in [6.07, 6.45) is 1.79. The van der Waals surface area contributed by atoms with Crippen LogP contribution in [0.3, 0.4) is 0 Å². The molecule has 3 aromatic rings. The summed E-state index contributed by atoms with van der Waals surface area (Å²) in [6, 6.07) is 15.6. The summed E-state index contributed by atoms with van der Waals surface area (Å²) in [5.74, 6) is 0. The van der Waals surface area contributed by atoms with Gasteiger partial charge in [-0.3, -0.25) is 4.98 Å². The first-order chi connectivity index (χ1) is 9.24. The molecule has 0 fully saturated rings. The highest BCUT2D eigenvalue weighted by molar-refractivity contribution is 7.99. The van der Waals surface area contributed by atoms with E-state index in [1.54, 1.807) is 18.0 Å². The van der Waals surface area contributed by atoms with Gasteiger partial charge in [-0.15, -0.1) is 0 Å².